The number of fused-ring (bicyclic) bond motifs is 1. The lowest BCUT2D eigenvalue weighted by Gasteiger charge is -1.94. The second kappa shape index (κ2) is 2.83. The van der Waals surface area contributed by atoms with Gasteiger partial charge >= 0.3 is 0 Å². The Morgan fingerprint density at radius 1 is 1.46 bits per heavy atom. The van der Waals surface area contributed by atoms with Crippen LogP contribution in [-0.4, -0.2) is 9.38 Å². The van der Waals surface area contributed by atoms with E-state index in [2.05, 4.69) is 4.98 Å². The largest absolute Gasteiger partial charge is 0.304 e. The lowest BCUT2D eigenvalue weighted by molar-refractivity contribution is 0.629. The summed E-state index contributed by atoms with van der Waals surface area (Å²) in [6.07, 6.45) is 3.67. The summed E-state index contributed by atoms with van der Waals surface area (Å²) in [5, 5.41) is 0. The maximum atomic E-state index is 13.2. The van der Waals surface area contributed by atoms with Crippen molar-refractivity contribution < 1.29 is 4.39 Å². The van der Waals surface area contributed by atoms with Crippen molar-refractivity contribution in [1.82, 2.24) is 9.38 Å². The van der Waals surface area contributed by atoms with Gasteiger partial charge < -0.3 is 4.40 Å². The standard InChI is InChI=1S/C10H11FN2/c1-7(2)9-6-13-5-3-4-8(11)10(13)12-9/h3-7H,1-2H3. The van der Waals surface area contributed by atoms with Crippen molar-refractivity contribution in [3.8, 4) is 0 Å². The number of hydrogen-bond acceptors (Lipinski definition) is 1. The van der Waals surface area contributed by atoms with E-state index >= 15 is 0 Å². The number of aromatic nitrogens is 2. The molecule has 2 nitrogen and oxygen atoms in total. The molecule has 0 aliphatic carbocycles. The molecule has 0 unspecified atom stereocenters. The maximum Gasteiger partial charge on any atom is 0.173 e. The minimum atomic E-state index is -0.269. The molecule has 2 aromatic rings. The van der Waals surface area contributed by atoms with E-state index in [1.54, 1.807) is 16.7 Å². The smallest absolute Gasteiger partial charge is 0.173 e. The molecule has 0 bridgehead atoms. The molecule has 0 fully saturated rings. The predicted octanol–water partition coefficient (Wildman–Crippen LogP) is 2.60. The molecule has 0 amide bonds. The third-order valence-electron chi connectivity index (χ3n) is 2.05. The van der Waals surface area contributed by atoms with Crippen molar-refractivity contribution in [2.45, 2.75) is 19.8 Å². The molecule has 2 rings (SSSR count). The van der Waals surface area contributed by atoms with Gasteiger partial charge in [0.25, 0.3) is 0 Å². The van der Waals surface area contributed by atoms with Crippen LogP contribution in [0.4, 0.5) is 4.39 Å². The van der Waals surface area contributed by atoms with E-state index in [0.717, 1.165) is 5.69 Å². The molecule has 3 heteroatoms. The van der Waals surface area contributed by atoms with E-state index in [-0.39, 0.29) is 5.82 Å². The van der Waals surface area contributed by atoms with E-state index in [1.165, 1.54) is 6.07 Å². The van der Waals surface area contributed by atoms with Crippen molar-refractivity contribution in [1.29, 1.82) is 0 Å². The minimum absolute atomic E-state index is 0.269. The zero-order valence-electron chi connectivity index (χ0n) is 7.66. The van der Waals surface area contributed by atoms with E-state index in [1.807, 2.05) is 20.0 Å². The highest BCUT2D eigenvalue weighted by Crippen LogP contribution is 2.15. The quantitative estimate of drug-likeness (QED) is 0.656. The number of hydrogen-bond donors (Lipinski definition) is 0. The summed E-state index contributed by atoms with van der Waals surface area (Å²) in [5.74, 6) is 0.0636. The molecule has 2 aromatic heterocycles. The topological polar surface area (TPSA) is 17.3 Å². The maximum absolute atomic E-state index is 13.2. The fraction of sp³-hybridized carbons (Fsp3) is 0.300. The van der Waals surface area contributed by atoms with Crippen LogP contribution in [0, 0.1) is 5.82 Å². The summed E-state index contributed by atoms with van der Waals surface area (Å²) in [6.45, 7) is 4.08. The summed E-state index contributed by atoms with van der Waals surface area (Å²) in [4.78, 5) is 4.20. The Hall–Kier alpha value is -1.38. The van der Waals surface area contributed by atoms with Crippen LogP contribution >= 0.6 is 0 Å². The Morgan fingerprint density at radius 3 is 2.85 bits per heavy atom. The van der Waals surface area contributed by atoms with Crippen molar-refractivity contribution in [3.05, 3.63) is 36.0 Å². The Kier molecular flexibility index (Phi) is 1.79. The van der Waals surface area contributed by atoms with Crippen LogP contribution in [0.1, 0.15) is 25.5 Å². The molecule has 0 atom stereocenters. The molecule has 0 N–H and O–H groups in total. The van der Waals surface area contributed by atoms with Crippen LogP contribution < -0.4 is 0 Å². The van der Waals surface area contributed by atoms with E-state index in [9.17, 15) is 4.39 Å². The lowest BCUT2D eigenvalue weighted by atomic mass is 10.2. The molecule has 68 valence electrons. The highest BCUT2D eigenvalue weighted by molar-refractivity contribution is 5.41. The fourth-order valence-corrected chi connectivity index (χ4v) is 1.28. The molecular formula is C10H11FN2. The first-order valence-corrected chi connectivity index (χ1v) is 4.31. The summed E-state index contributed by atoms with van der Waals surface area (Å²) >= 11 is 0. The van der Waals surface area contributed by atoms with E-state index in [0.29, 0.717) is 11.6 Å². The first kappa shape index (κ1) is 8.23. The van der Waals surface area contributed by atoms with Gasteiger partial charge in [-0.2, -0.15) is 0 Å². The molecule has 0 aliphatic heterocycles. The van der Waals surface area contributed by atoms with Gasteiger partial charge in [-0.3, -0.25) is 0 Å². The normalized spacial score (nSPS) is 11.4. The van der Waals surface area contributed by atoms with Crippen LogP contribution in [0.5, 0.6) is 0 Å². The van der Waals surface area contributed by atoms with Crippen molar-refractivity contribution in [2.24, 2.45) is 0 Å². The number of pyridine rings is 1. The first-order valence-electron chi connectivity index (χ1n) is 4.31. The van der Waals surface area contributed by atoms with Crippen molar-refractivity contribution >= 4 is 5.65 Å². The Morgan fingerprint density at radius 2 is 2.23 bits per heavy atom. The third kappa shape index (κ3) is 1.30. The zero-order valence-corrected chi connectivity index (χ0v) is 7.66. The highest BCUT2D eigenvalue weighted by Gasteiger charge is 2.07. The zero-order chi connectivity index (χ0) is 9.42. The molecule has 0 aromatic carbocycles. The fourth-order valence-electron chi connectivity index (χ4n) is 1.28. The molecule has 2 heterocycles. The molecular weight excluding hydrogens is 167 g/mol. The Balaban J connectivity index is 2.68. The summed E-state index contributed by atoms with van der Waals surface area (Å²) in [6, 6.07) is 3.10. The van der Waals surface area contributed by atoms with Gasteiger partial charge in [-0.05, 0) is 18.1 Å². The molecule has 0 spiro atoms. The highest BCUT2D eigenvalue weighted by atomic mass is 19.1. The van der Waals surface area contributed by atoms with Gasteiger partial charge in [0.2, 0.25) is 0 Å². The number of rotatable bonds is 1. The second-order valence-electron chi connectivity index (χ2n) is 3.41. The van der Waals surface area contributed by atoms with Crippen LogP contribution in [-0.2, 0) is 0 Å². The molecule has 0 saturated carbocycles. The molecule has 13 heavy (non-hydrogen) atoms. The first-order chi connectivity index (χ1) is 6.18. The summed E-state index contributed by atoms with van der Waals surface area (Å²) < 4.78 is 14.9. The average molecular weight is 178 g/mol. The lowest BCUT2D eigenvalue weighted by Crippen LogP contribution is -1.86. The predicted molar refractivity (Wildman–Crippen MR) is 49.2 cm³/mol. The van der Waals surface area contributed by atoms with E-state index in [4.69, 9.17) is 0 Å². The van der Waals surface area contributed by atoms with Gasteiger partial charge in [0, 0.05) is 12.4 Å². The Bertz CT molecular complexity index is 431. The van der Waals surface area contributed by atoms with Crippen LogP contribution in [0.25, 0.3) is 5.65 Å². The van der Waals surface area contributed by atoms with E-state index < -0.39 is 0 Å². The van der Waals surface area contributed by atoms with Gasteiger partial charge in [0.1, 0.15) is 0 Å². The van der Waals surface area contributed by atoms with Gasteiger partial charge in [-0.25, -0.2) is 9.37 Å². The molecule has 0 aliphatic rings. The minimum Gasteiger partial charge on any atom is -0.304 e. The van der Waals surface area contributed by atoms with Crippen LogP contribution in [0.2, 0.25) is 0 Å². The SMILES string of the molecule is CC(C)c1cn2cccc(F)c2n1. The molecule has 0 saturated heterocycles. The van der Waals surface area contributed by atoms with Gasteiger partial charge in [-0.15, -0.1) is 0 Å². The monoisotopic (exact) mass is 178 g/mol. The average Bonchev–Trinajstić information content (AvgIpc) is 2.49. The second-order valence-corrected chi connectivity index (χ2v) is 3.41. The van der Waals surface area contributed by atoms with Crippen molar-refractivity contribution in [3.63, 3.8) is 0 Å². The summed E-state index contributed by atoms with van der Waals surface area (Å²) in [7, 11) is 0. The van der Waals surface area contributed by atoms with Gasteiger partial charge in [0.05, 0.1) is 5.69 Å². The van der Waals surface area contributed by atoms with Crippen LogP contribution in [0.3, 0.4) is 0 Å². The van der Waals surface area contributed by atoms with Gasteiger partial charge in [0.15, 0.2) is 11.5 Å². The Labute approximate surface area is 76.0 Å². The van der Waals surface area contributed by atoms with Crippen LogP contribution in [0.15, 0.2) is 24.5 Å². The number of halogens is 1. The molecule has 0 radical (unpaired) electrons. The number of nitrogens with zero attached hydrogens (tertiary/aromatic N) is 2. The van der Waals surface area contributed by atoms with Gasteiger partial charge in [-0.1, -0.05) is 13.8 Å². The summed E-state index contributed by atoms with van der Waals surface area (Å²) in [5.41, 5.74) is 1.33. The number of imidazole rings is 1. The third-order valence-corrected chi connectivity index (χ3v) is 2.05. The van der Waals surface area contributed by atoms with Crippen molar-refractivity contribution in [2.75, 3.05) is 0 Å².